The molecule has 16 aromatic carbocycles. The predicted molar refractivity (Wildman–Crippen MR) is 388 cm³/mol. The van der Waals surface area contributed by atoms with E-state index in [0.29, 0.717) is 0 Å². The lowest BCUT2D eigenvalue weighted by Crippen LogP contribution is -2.10. The SMILES string of the molecule is Brc1ccc(-c2ccc3ccccc3c2)cc1.C.c1ccc2c(c1)cc(Cc1ccc3c(c1)oc1ccccc13)c1ccccc12.c1ccc2cc(-c3ccc(N(c4ccc5c(c4)oc4ccccc45)c4cc5ccccc5c5ccccc45)cc3)ccc2c1. The molecule has 2 aromatic heterocycles. The molecular weight excluding hydrogens is 1160 g/mol. The fraction of sp³-hybridized carbons (Fsp3) is 0.0233. The maximum Gasteiger partial charge on any atom is 0.137 e. The third-order valence-corrected chi connectivity index (χ3v) is 18.0. The highest BCUT2D eigenvalue weighted by Crippen LogP contribution is 2.44. The van der Waals surface area contributed by atoms with Gasteiger partial charge in [0.05, 0.1) is 5.69 Å². The fourth-order valence-electron chi connectivity index (χ4n) is 13.1. The van der Waals surface area contributed by atoms with E-state index in [4.69, 9.17) is 8.83 Å². The molecule has 0 saturated heterocycles. The summed E-state index contributed by atoms with van der Waals surface area (Å²) < 4.78 is 13.6. The monoisotopic (exact) mass is 1220 g/mol. The van der Waals surface area contributed by atoms with E-state index >= 15 is 0 Å². The molecule has 18 aromatic rings. The summed E-state index contributed by atoms with van der Waals surface area (Å²) in [6, 6.07) is 117. The topological polar surface area (TPSA) is 29.5 Å². The smallest absolute Gasteiger partial charge is 0.137 e. The van der Waals surface area contributed by atoms with Crippen LogP contribution in [0.4, 0.5) is 17.1 Å². The number of rotatable bonds is 7. The first-order valence-corrected chi connectivity index (χ1v) is 31.0. The molecule has 0 fully saturated rings. The average Bonchev–Trinajstić information content (AvgIpc) is 1.24. The maximum absolute atomic E-state index is 6.36. The van der Waals surface area contributed by atoms with Crippen LogP contribution in [-0.2, 0) is 6.42 Å². The van der Waals surface area contributed by atoms with Crippen LogP contribution in [0, 0.1) is 0 Å². The third-order valence-electron chi connectivity index (χ3n) is 17.4. The van der Waals surface area contributed by atoms with E-state index in [2.05, 4.69) is 324 Å². The molecule has 0 aliphatic rings. The maximum atomic E-state index is 6.36. The minimum absolute atomic E-state index is 0. The number of furan rings is 2. The van der Waals surface area contributed by atoms with Crippen LogP contribution in [-0.4, -0.2) is 0 Å². The van der Waals surface area contributed by atoms with Gasteiger partial charge < -0.3 is 13.7 Å². The molecular formula is C86H60BrNO2. The lowest BCUT2D eigenvalue weighted by atomic mass is 9.93. The van der Waals surface area contributed by atoms with Gasteiger partial charge in [-0.2, -0.15) is 0 Å². The highest BCUT2D eigenvalue weighted by atomic mass is 79.9. The van der Waals surface area contributed by atoms with E-state index < -0.39 is 0 Å². The van der Waals surface area contributed by atoms with Crippen LogP contribution in [0.3, 0.4) is 0 Å². The minimum atomic E-state index is 0. The molecule has 0 amide bonds. The van der Waals surface area contributed by atoms with Gasteiger partial charge in [0.15, 0.2) is 0 Å². The molecule has 18 rings (SSSR count). The quantitative estimate of drug-likeness (QED) is 0.149. The standard InChI is InChI=1S/C42H27NO.C27H18O.C16H11Br.CH4/c1-2-10-30-25-31(18-17-28(30)9-1)29-19-21-33(22-20-29)43(34-23-24-39-38-15-7-8-16-41(38)44-42(39)27-34)40-26-32-11-3-4-12-35(32)36-13-5-6-14-37(36)40;1-2-8-21-19(7-1)17-20(22-9-3-4-10-23(21)22)15-18-13-14-25-24-11-5-6-12-26(24)28-27(25)16-18;17-16-9-7-13(8-10-16)15-6-5-12-3-1-2-4-14(12)11-15;/h1-27H;1-14,16-17H,15H2;1-11H;1H4. The highest BCUT2D eigenvalue weighted by Gasteiger charge is 2.20. The van der Waals surface area contributed by atoms with E-state index in [-0.39, 0.29) is 7.43 Å². The summed E-state index contributed by atoms with van der Waals surface area (Å²) in [5.74, 6) is 0. The van der Waals surface area contributed by atoms with Crippen molar-refractivity contribution in [3.05, 3.63) is 343 Å². The Hall–Kier alpha value is -11.0. The molecule has 0 N–H and O–H groups in total. The predicted octanol–water partition coefficient (Wildman–Crippen LogP) is 25.6. The Morgan fingerprint density at radius 2 is 0.656 bits per heavy atom. The number of benzene rings is 16. The van der Waals surface area contributed by atoms with E-state index in [9.17, 15) is 0 Å². The van der Waals surface area contributed by atoms with Crippen molar-refractivity contribution in [1.29, 1.82) is 0 Å². The van der Waals surface area contributed by atoms with Crippen molar-refractivity contribution in [3.8, 4) is 22.3 Å². The van der Waals surface area contributed by atoms with E-state index in [1.807, 2.05) is 24.3 Å². The van der Waals surface area contributed by atoms with Crippen molar-refractivity contribution >= 4 is 142 Å². The molecule has 0 radical (unpaired) electrons. The molecule has 0 spiro atoms. The van der Waals surface area contributed by atoms with Gasteiger partial charge in [0.25, 0.3) is 0 Å². The second kappa shape index (κ2) is 23.9. The van der Waals surface area contributed by atoms with Crippen LogP contribution >= 0.6 is 15.9 Å². The van der Waals surface area contributed by atoms with Crippen molar-refractivity contribution in [2.75, 3.05) is 4.90 Å². The first-order chi connectivity index (χ1) is 44.0. The molecule has 0 atom stereocenters. The van der Waals surface area contributed by atoms with Crippen molar-refractivity contribution in [2.45, 2.75) is 13.8 Å². The molecule has 2 heterocycles. The van der Waals surface area contributed by atoms with Crippen LogP contribution in [0.2, 0.25) is 0 Å². The number of hydrogen-bond acceptors (Lipinski definition) is 3. The second-order valence-corrected chi connectivity index (χ2v) is 23.8. The molecule has 4 heteroatoms. The number of halogens is 1. The van der Waals surface area contributed by atoms with E-state index in [1.165, 1.54) is 109 Å². The van der Waals surface area contributed by atoms with Gasteiger partial charge in [0.2, 0.25) is 0 Å². The van der Waals surface area contributed by atoms with Crippen molar-refractivity contribution in [3.63, 3.8) is 0 Å². The molecule has 3 nitrogen and oxygen atoms in total. The van der Waals surface area contributed by atoms with Crippen LogP contribution in [0.1, 0.15) is 18.6 Å². The zero-order chi connectivity index (χ0) is 59.2. The van der Waals surface area contributed by atoms with E-state index in [0.717, 1.165) is 61.1 Å². The number of nitrogens with zero attached hydrogens (tertiary/aromatic N) is 1. The zero-order valence-corrected chi connectivity index (χ0v) is 50.1. The summed E-state index contributed by atoms with van der Waals surface area (Å²) in [7, 11) is 0. The fourth-order valence-corrected chi connectivity index (χ4v) is 13.3. The summed E-state index contributed by atoms with van der Waals surface area (Å²) in [6.45, 7) is 0. The van der Waals surface area contributed by atoms with Crippen LogP contribution in [0.25, 0.3) is 131 Å². The summed E-state index contributed by atoms with van der Waals surface area (Å²) in [4.78, 5) is 2.37. The van der Waals surface area contributed by atoms with Crippen molar-refractivity contribution < 1.29 is 8.83 Å². The highest BCUT2D eigenvalue weighted by molar-refractivity contribution is 9.10. The molecule has 0 aliphatic heterocycles. The lowest BCUT2D eigenvalue weighted by molar-refractivity contribution is 0.668. The third kappa shape index (κ3) is 10.6. The largest absolute Gasteiger partial charge is 0.456 e. The number of anilines is 3. The molecule has 0 saturated carbocycles. The van der Waals surface area contributed by atoms with Crippen LogP contribution < -0.4 is 4.90 Å². The molecule has 0 aliphatic carbocycles. The number of para-hydroxylation sites is 2. The molecule has 0 unspecified atom stereocenters. The molecule has 428 valence electrons. The van der Waals surface area contributed by atoms with Crippen molar-refractivity contribution in [2.24, 2.45) is 0 Å². The summed E-state index contributed by atoms with van der Waals surface area (Å²) in [5.41, 5.74) is 14.5. The summed E-state index contributed by atoms with van der Waals surface area (Å²) in [5, 5.41) is 19.9. The Balaban J connectivity index is 0.000000125. The van der Waals surface area contributed by atoms with Gasteiger partial charge in [0.1, 0.15) is 22.3 Å². The first-order valence-electron chi connectivity index (χ1n) is 30.3. The Morgan fingerprint density at radius 3 is 1.23 bits per heavy atom. The van der Waals surface area contributed by atoms with Gasteiger partial charge in [-0.15, -0.1) is 0 Å². The molecule has 90 heavy (non-hydrogen) atoms. The normalized spacial score (nSPS) is 11.3. The van der Waals surface area contributed by atoms with Crippen LogP contribution in [0.5, 0.6) is 0 Å². The van der Waals surface area contributed by atoms with Gasteiger partial charge in [-0.3, -0.25) is 0 Å². The van der Waals surface area contributed by atoms with Gasteiger partial charge >= 0.3 is 0 Å². The van der Waals surface area contributed by atoms with Crippen LogP contribution in [0.15, 0.2) is 341 Å². The van der Waals surface area contributed by atoms with E-state index in [1.54, 1.807) is 0 Å². The Labute approximate surface area is 531 Å². The Morgan fingerprint density at radius 1 is 0.256 bits per heavy atom. The first kappa shape index (κ1) is 55.5. The van der Waals surface area contributed by atoms with Gasteiger partial charge in [-0.05, 0) is 172 Å². The lowest BCUT2D eigenvalue weighted by Gasteiger charge is -2.27. The average molecular weight is 1220 g/mol. The van der Waals surface area contributed by atoms with Gasteiger partial charge in [-0.1, -0.05) is 272 Å². The van der Waals surface area contributed by atoms with Crippen molar-refractivity contribution in [1.82, 2.24) is 0 Å². The van der Waals surface area contributed by atoms with Gasteiger partial charge in [0, 0.05) is 48.8 Å². The zero-order valence-electron chi connectivity index (χ0n) is 48.5. The Bertz CT molecular complexity index is 5680. The number of hydrogen-bond donors (Lipinski definition) is 0. The Kier molecular flexibility index (Phi) is 14.8. The van der Waals surface area contributed by atoms with Gasteiger partial charge in [-0.25, -0.2) is 0 Å². The number of fused-ring (bicyclic) bond motifs is 14. The summed E-state index contributed by atoms with van der Waals surface area (Å²) >= 11 is 3.46. The second-order valence-electron chi connectivity index (χ2n) is 22.9. The summed E-state index contributed by atoms with van der Waals surface area (Å²) in [6.07, 6.45) is 0.887. The minimum Gasteiger partial charge on any atom is -0.456 e. The molecule has 0 bridgehead atoms.